The van der Waals surface area contributed by atoms with Crippen molar-refractivity contribution in [2.45, 2.75) is 6.42 Å². The zero-order valence-electron chi connectivity index (χ0n) is 14.3. The van der Waals surface area contributed by atoms with Gasteiger partial charge in [0.2, 0.25) is 0 Å². The summed E-state index contributed by atoms with van der Waals surface area (Å²) in [5, 5.41) is 8.73. The van der Waals surface area contributed by atoms with Gasteiger partial charge in [-0.2, -0.15) is 5.26 Å². The monoisotopic (exact) mass is 370 g/mol. The topological polar surface area (TPSA) is 70.4 Å². The minimum absolute atomic E-state index is 0.00398. The molecular formula is C20H16F2N2O3. The molecular weight excluding hydrogens is 354 g/mol. The van der Waals surface area contributed by atoms with Gasteiger partial charge in [-0.3, -0.25) is 4.79 Å². The highest BCUT2D eigenvalue weighted by Gasteiger charge is 2.19. The molecule has 0 spiro atoms. The van der Waals surface area contributed by atoms with Crippen LogP contribution in [0.1, 0.15) is 12.0 Å². The maximum Gasteiger partial charge on any atom is 0.331 e. The van der Waals surface area contributed by atoms with Crippen LogP contribution in [0.2, 0.25) is 0 Å². The summed E-state index contributed by atoms with van der Waals surface area (Å²) in [5.41, 5.74) is 0.193. The van der Waals surface area contributed by atoms with Gasteiger partial charge in [-0.25, -0.2) is 13.6 Å². The van der Waals surface area contributed by atoms with E-state index < -0.39 is 30.1 Å². The van der Waals surface area contributed by atoms with Crippen molar-refractivity contribution in [3.8, 4) is 6.07 Å². The Bertz CT molecular complexity index is 891. The first kappa shape index (κ1) is 19.8. The molecule has 0 radical (unpaired) electrons. The number of ether oxygens (including phenoxy) is 1. The zero-order valence-corrected chi connectivity index (χ0v) is 14.3. The lowest BCUT2D eigenvalue weighted by molar-refractivity contribution is -0.142. The predicted molar refractivity (Wildman–Crippen MR) is 95.4 cm³/mol. The predicted octanol–water partition coefficient (Wildman–Crippen LogP) is 3.47. The molecule has 2 aromatic carbocycles. The average molecular weight is 370 g/mol. The molecule has 0 atom stereocenters. The van der Waals surface area contributed by atoms with Crippen molar-refractivity contribution in [2.75, 3.05) is 18.1 Å². The lowest BCUT2D eigenvalue weighted by Crippen LogP contribution is -2.36. The van der Waals surface area contributed by atoms with Crippen LogP contribution in [0.15, 0.2) is 54.6 Å². The molecule has 7 heteroatoms. The Balaban J connectivity index is 2.01. The normalized spacial score (nSPS) is 10.4. The van der Waals surface area contributed by atoms with Crippen molar-refractivity contribution in [1.82, 2.24) is 0 Å². The number of esters is 1. The van der Waals surface area contributed by atoms with E-state index in [9.17, 15) is 18.4 Å². The SMILES string of the molecule is N#CCCN(C(=O)COC(=O)/C=C/c1ccccc1F)c1ccccc1F. The van der Waals surface area contributed by atoms with Gasteiger partial charge < -0.3 is 9.64 Å². The summed E-state index contributed by atoms with van der Waals surface area (Å²) < 4.78 is 32.3. The van der Waals surface area contributed by atoms with Crippen molar-refractivity contribution < 1.29 is 23.1 Å². The number of hydrogen-bond acceptors (Lipinski definition) is 4. The fourth-order valence-electron chi connectivity index (χ4n) is 2.24. The van der Waals surface area contributed by atoms with Gasteiger partial charge in [-0.1, -0.05) is 30.3 Å². The van der Waals surface area contributed by atoms with Crippen LogP contribution in [0.3, 0.4) is 0 Å². The molecule has 0 unspecified atom stereocenters. The van der Waals surface area contributed by atoms with Gasteiger partial charge in [0.15, 0.2) is 6.61 Å². The summed E-state index contributed by atoms with van der Waals surface area (Å²) in [4.78, 5) is 25.1. The van der Waals surface area contributed by atoms with E-state index in [4.69, 9.17) is 10.00 Å². The molecule has 2 aromatic rings. The van der Waals surface area contributed by atoms with Gasteiger partial charge in [0.1, 0.15) is 11.6 Å². The minimum Gasteiger partial charge on any atom is -0.452 e. The molecule has 138 valence electrons. The molecule has 1 amide bonds. The molecule has 0 N–H and O–H groups in total. The number of carbonyl (C=O) groups is 2. The maximum atomic E-state index is 13.9. The largest absolute Gasteiger partial charge is 0.452 e. The van der Waals surface area contributed by atoms with Gasteiger partial charge in [0.25, 0.3) is 5.91 Å². The highest BCUT2D eigenvalue weighted by Crippen LogP contribution is 2.19. The average Bonchev–Trinajstić information content (AvgIpc) is 2.67. The molecule has 5 nitrogen and oxygen atoms in total. The van der Waals surface area contributed by atoms with Crippen LogP contribution in [0.4, 0.5) is 14.5 Å². The van der Waals surface area contributed by atoms with Gasteiger partial charge in [-0.05, 0) is 24.3 Å². The summed E-state index contributed by atoms with van der Waals surface area (Å²) >= 11 is 0. The van der Waals surface area contributed by atoms with Gasteiger partial charge >= 0.3 is 5.97 Å². The number of halogens is 2. The van der Waals surface area contributed by atoms with E-state index in [-0.39, 0.29) is 24.2 Å². The standard InChI is InChI=1S/C20H16F2N2O3/c21-16-7-2-1-6-15(16)10-11-20(26)27-14-19(25)24(13-5-12-23)18-9-4-3-8-17(18)22/h1-4,6-11H,5,13-14H2/b11-10+. The van der Waals surface area contributed by atoms with Gasteiger partial charge in [0.05, 0.1) is 18.2 Å². The third-order valence-corrected chi connectivity index (χ3v) is 3.53. The first-order valence-electron chi connectivity index (χ1n) is 8.04. The number of amides is 1. The quantitative estimate of drug-likeness (QED) is 0.553. The molecule has 0 heterocycles. The van der Waals surface area contributed by atoms with Gasteiger partial charge in [-0.15, -0.1) is 0 Å². The van der Waals surface area contributed by atoms with E-state index in [2.05, 4.69) is 0 Å². The Labute approximate surface area is 155 Å². The first-order chi connectivity index (χ1) is 13.0. The second-order valence-electron chi connectivity index (χ2n) is 5.37. The summed E-state index contributed by atoms with van der Waals surface area (Å²) in [6, 6.07) is 13.3. The first-order valence-corrected chi connectivity index (χ1v) is 8.04. The molecule has 0 saturated heterocycles. The second kappa shape index (κ2) is 9.82. The van der Waals surface area contributed by atoms with Crippen LogP contribution in [0, 0.1) is 23.0 Å². The lowest BCUT2D eigenvalue weighted by atomic mass is 10.2. The van der Waals surface area contributed by atoms with E-state index in [0.29, 0.717) is 0 Å². The van der Waals surface area contributed by atoms with Crippen molar-refractivity contribution in [1.29, 1.82) is 5.26 Å². The highest BCUT2D eigenvalue weighted by atomic mass is 19.1. The number of hydrogen-bond donors (Lipinski definition) is 0. The number of para-hydroxylation sites is 1. The van der Waals surface area contributed by atoms with E-state index in [1.54, 1.807) is 12.1 Å². The highest BCUT2D eigenvalue weighted by molar-refractivity contribution is 5.96. The van der Waals surface area contributed by atoms with Crippen molar-refractivity contribution in [2.24, 2.45) is 0 Å². The van der Waals surface area contributed by atoms with Gasteiger partial charge in [0, 0.05) is 18.2 Å². The van der Waals surface area contributed by atoms with E-state index >= 15 is 0 Å². The van der Waals surface area contributed by atoms with Crippen LogP contribution >= 0.6 is 0 Å². The lowest BCUT2D eigenvalue weighted by Gasteiger charge is -2.21. The smallest absolute Gasteiger partial charge is 0.331 e. The fourth-order valence-corrected chi connectivity index (χ4v) is 2.24. The summed E-state index contributed by atoms with van der Waals surface area (Å²) in [6.45, 7) is -0.681. The molecule has 0 aliphatic carbocycles. The number of nitriles is 1. The zero-order chi connectivity index (χ0) is 19.6. The third kappa shape index (κ3) is 5.75. The second-order valence-corrected chi connectivity index (χ2v) is 5.37. The fraction of sp³-hybridized carbons (Fsp3) is 0.150. The maximum absolute atomic E-state index is 13.9. The van der Waals surface area contributed by atoms with Crippen LogP contribution in [0.5, 0.6) is 0 Å². The Kier molecular flexibility index (Phi) is 7.20. The Morgan fingerprint density at radius 2 is 1.74 bits per heavy atom. The number of carbonyl (C=O) groups excluding carboxylic acids is 2. The van der Waals surface area contributed by atoms with Crippen LogP contribution in [0.25, 0.3) is 6.08 Å². The number of rotatable bonds is 7. The van der Waals surface area contributed by atoms with Crippen molar-refractivity contribution in [3.63, 3.8) is 0 Å². The third-order valence-electron chi connectivity index (χ3n) is 3.53. The van der Waals surface area contributed by atoms with E-state index in [1.807, 2.05) is 6.07 Å². The Morgan fingerprint density at radius 1 is 1.07 bits per heavy atom. The van der Waals surface area contributed by atoms with E-state index in [1.165, 1.54) is 42.5 Å². The molecule has 2 rings (SSSR count). The number of nitrogens with zero attached hydrogens (tertiary/aromatic N) is 2. The molecule has 0 bridgehead atoms. The summed E-state index contributed by atoms with van der Waals surface area (Å²) in [5.74, 6) is -2.65. The van der Waals surface area contributed by atoms with Crippen LogP contribution in [-0.2, 0) is 14.3 Å². The molecule has 0 aromatic heterocycles. The Hall–Kier alpha value is -3.53. The van der Waals surface area contributed by atoms with Crippen molar-refractivity contribution >= 4 is 23.6 Å². The molecule has 27 heavy (non-hydrogen) atoms. The van der Waals surface area contributed by atoms with Crippen LogP contribution < -0.4 is 4.90 Å². The summed E-state index contributed by atoms with van der Waals surface area (Å²) in [7, 11) is 0. The number of benzene rings is 2. The Morgan fingerprint density at radius 3 is 2.41 bits per heavy atom. The number of anilines is 1. The molecule has 0 aliphatic rings. The molecule has 0 saturated carbocycles. The minimum atomic E-state index is -0.847. The van der Waals surface area contributed by atoms with Crippen molar-refractivity contribution in [3.05, 3.63) is 71.8 Å². The molecule has 0 fully saturated rings. The van der Waals surface area contributed by atoms with E-state index in [0.717, 1.165) is 11.0 Å². The summed E-state index contributed by atoms with van der Waals surface area (Å²) in [6.07, 6.45) is 2.21. The molecule has 0 aliphatic heterocycles. The van der Waals surface area contributed by atoms with Crippen LogP contribution in [-0.4, -0.2) is 25.0 Å².